The highest BCUT2D eigenvalue weighted by Crippen LogP contribution is 2.09. The molecule has 0 amide bonds. The van der Waals surface area contributed by atoms with Crippen molar-refractivity contribution in [1.82, 2.24) is 9.55 Å². The highest BCUT2D eigenvalue weighted by molar-refractivity contribution is 14.1. The second kappa shape index (κ2) is 5.99. The van der Waals surface area contributed by atoms with Gasteiger partial charge in [0, 0.05) is 18.4 Å². The Morgan fingerprint density at radius 3 is 3.00 bits per heavy atom. The Morgan fingerprint density at radius 2 is 2.22 bits per heavy atom. The zero-order valence-electron chi connectivity index (χ0n) is 9.84. The van der Waals surface area contributed by atoms with Crippen LogP contribution >= 0.6 is 22.6 Å². The molecule has 0 spiro atoms. The first kappa shape index (κ1) is 13.1. The standard InChI is InChI=1S/C13H14IN3O/c14-12-8-16-9-17(13(12)18)6-2-4-10-3-1-5-11(15)7-10/h1,3,5,7-9H,2,4,6,15H2. The second-order valence-corrected chi connectivity index (χ2v) is 5.25. The number of nitrogens with zero attached hydrogens (tertiary/aromatic N) is 2. The zero-order chi connectivity index (χ0) is 13.0. The van der Waals surface area contributed by atoms with E-state index in [9.17, 15) is 4.79 Å². The summed E-state index contributed by atoms with van der Waals surface area (Å²) in [5.74, 6) is 0. The van der Waals surface area contributed by atoms with Crippen LogP contribution in [0, 0.1) is 3.57 Å². The Kier molecular flexibility index (Phi) is 4.35. The summed E-state index contributed by atoms with van der Waals surface area (Å²) in [6.07, 6.45) is 4.97. The van der Waals surface area contributed by atoms with Gasteiger partial charge in [-0.05, 0) is 53.1 Å². The first-order valence-electron chi connectivity index (χ1n) is 5.71. The lowest BCUT2D eigenvalue weighted by Crippen LogP contribution is -2.22. The topological polar surface area (TPSA) is 60.9 Å². The Morgan fingerprint density at radius 1 is 1.39 bits per heavy atom. The third-order valence-corrected chi connectivity index (χ3v) is 3.41. The number of nitrogen functional groups attached to an aromatic ring is 1. The summed E-state index contributed by atoms with van der Waals surface area (Å²) < 4.78 is 2.30. The monoisotopic (exact) mass is 355 g/mol. The minimum absolute atomic E-state index is 0.0261. The first-order valence-corrected chi connectivity index (χ1v) is 6.79. The quantitative estimate of drug-likeness (QED) is 0.675. The van der Waals surface area contributed by atoms with Crippen LogP contribution in [0.15, 0.2) is 41.6 Å². The highest BCUT2D eigenvalue weighted by atomic mass is 127. The van der Waals surface area contributed by atoms with Crippen molar-refractivity contribution < 1.29 is 0 Å². The normalized spacial score (nSPS) is 10.5. The average Bonchev–Trinajstić information content (AvgIpc) is 2.35. The van der Waals surface area contributed by atoms with Gasteiger partial charge in [0.15, 0.2) is 0 Å². The summed E-state index contributed by atoms with van der Waals surface area (Å²) >= 11 is 2.01. The van der Waals surface area contributed by atoms with Gasteiger partial charge in [-0.15, -0.1) is 0 Å². The minimum atomic E-state index is 0.0261. The van der Waals surface area contributed by atoms with Crippen molar-refractivity contribution in [3.63, 3.8) is 0 Å². The fourth-order valence-corrected chi connectivity index (χ4v) is 2.26. The molecule has 0 fully saturated rings. The van der Waals surface area contributed by atoms with Crippen molar-refractivity contribution in [1.29, 1.82) is 0 Å². The maximum absolute atomic E-state index is 11.8. The zero-order valence-corrected chi connectivity index (χ0v) is 12.0. The molecular formula is C13H14IN3O. The van der Waals surface area contributed by atoms with E-state index in [0.717, 1.165) is 18.5 Å². The lowest BCUT2D eigenvalue weighted by atomic mass is 10.1. The predicted molar refractivity (Wildman–Crippen MR) is 80.4 cm³/mol. The maximum atomic E-state index is 11.8. The molecule has 5 heteroatoms. The van der Waals surface area contributed by atoms with Gasteiger partial charge in [0.2, 0.25) is 0 Å². The van der Waals surface area contributed by atoms with Crippen LogP contribution in [-0.4, -0.2) is 9.55 Å². The van der Waals surface area contributed by atoms with Crippen molar-refractivity contribution in [3.05, 3.63) is 56.3 Å². The van der Waals surface area contributed by atoms with Crippen LogP contribution < -0.4 is 11.3 Å². The molecule has 0 bridgehead atoms. The number of nitrogens with two attached hydrogens (primary N) is 1. The number of aryl methyl sites for hydroxylation is 2. The second-order valence-electron chi connectivity index (χ2n) is 4.09. The van der Waals surface area contributed by atoms with Crippen molar-refractivity contribution in [2.75, 3.05) is 5.73 Å². The van der Waals surface area contributed by atoms with Gasteiger partial charge in [-0.1, -0.05) is 12.1 Å². The first-order chi connectivity index (χ1) is 8.66. The van der Waals surface area contributed by atoms with E-state index in [1.54, 1.807) is 17.1 Å². The third kappa shape index (κ3) is 3.32. The lowest BCUT2D eigenvalue weighted by molar-refractivity contribution is 0.609. The molecular weight excluding hydrogens is 341 g/mol. The van der Waals surface area contributed by atoms with E-state index in [1.165, 1.54) is 5.56 Å². The lowest BCUT2D eigenvalue weighted by Gasteiger charge is -2.06. The molecule has 0 unspecified atom stereocenters. The fraction of sp³-hybridized carbons (Fsp3) is 0.231. The molecule has 2 aromatic rings. The molecule has 4 nitrogen and oxygen atoms in total. The molecule has 0 saturated heterocycles. The van der Waals surface area contributed by atoms with Crippen molar-refractivity contribution >= 4 is 28.3 Å². The molecule has 0 atom stereocenters. The predicted octanol–water partition coefficient (Wildman–Crippen LogP) is 2.06. The van der Waals surface area contributed by atoms with Gasteiger partial charge in [-0.2, -0.15) is 0 Å². The molecule has 2 rings (SSSR count). The molecule has 94 valence electrons. The summed E-state index contributed by atoms with van der Waals surface area (Å²) in [7, 11) is 0. The molecule has 2 N–H and O–H groups in total. The van der Waals surface area contributed by atoms with E-state index in [1.807, 2.05) is 46.9 Å². The van der Waals surface area contributed by atoms with Gasteiger partial charge >= 0.3 is 0 Å². The number of rotatable bonds is 4. The van der Waals surface area contributed by atoms with Crippen molar-refractivity contribution in [2.45, 2.75) is 19.4 Å². The van der Waals surface area contributed by atoms with Gasteiger partial charge < -0.3 is 5.73 Å². The van der Waals surface area contributed by atoms with Crippen LogP contribution in [0.25, 0.3) is 0 Å². The third-order valence-electron chi connectivity index (χ3n) is 2.67. The van der Waals surface area contributed by atoms with E-state index in [-0.39, 0.29) is 5.56 Å². The largest absolute Gasteiger partial charge is 0.399 e. The Labute approximate surface area is 119 Å². The number of hydrogen-bond donors (Lipinski definition) is 1. The number of aromatic nitrogens is 2. The van der Waals surface area contributed by atoms with E-state index in [0.29, 0.717) is 10.1 Å². The van der Waals surface area contributed by atoms with Gasteiger partial charge in [0.25, 0.3) is 5.56 Å². The molecule has 0 aliphatic carbocycles. The molecule has 1 heterocycles. The van der Waals surface area contributed by atoms with Crippen LogP contribution in [0.4, 0.5) is 5.69 Å². The van der Waals surface area contributed by atoms with E-state index < -0.39 is 0 Å². The van der Waals surface area contributed by atoms with Gasteiger partial charge in [0.05, 0.1) is 9.90 Å². The summed E-state index contributed by atoms with van der Waals surface area (Å²) in [6, 6.07) is 7.84. The minimum Gasteiger partial charge on any atom is -0.399 e. The smallest absolute Gasteiger partial charge is 0.266 e. The van der Waals surface area contributed by atoms with Crippen molar-refractivity contribution in [3.8, 4) is 0 Å². The molecule has 18 heavy (non-hydrogen) atoms. The van der Waals surface area contributed by atoms with Crippen LogP contribution in [-0.2, 0) is 13.0 Å². The molecule has 0 aliphatic rings. The fourth-order valence-electron chi connectivity index (χ4n) is 1.79. The van der Waals surface area contributed by atoms with E-state index in [2.05, 4.69) is 4.98 Å². The number of hydrogen-bond acceptors (Lipinski definition) is 3. The number of anilines is 1. The summed E-state index contributed by atoms with van der Waals surface area (Å²) in [6.45, 7) is 0.678. The highest BCUT2D eigenvalue weighted by Gasteiger charge is 2.01. The van der Waals surface area contributed by atoms with Gasteiger partial charge in [0.1, 0.15) is 0 Å². The molecule has 1 aromatic heterocycles. The van der Waals surface area contributed by atoms with E-state index in [4.69, 9.17) is 5.73 Å². The van der Waals surface area contributed by atoms with Gasteiger partial charge in [-0.3, -0.25) is 9.36 Å². The molecule has 1 aromatic carbocycles. The van der Waals surface area contributed by atoms with Crippen LogP contribution in [0.2, 0.25) is 0 Å². The molecule has 0 radical (unpaired) electrons. The Hall–Kier alpha value is -1.37. The van der Waals surface area contributed by atoms with Crippen molar-refractivity contribution in [2.24, 2.45) is 0 Å². The number of benzene rings is 1. The SMILES string of the molecule is Nc1cccc(CCCn2cncc(I)c2=O)c1. The Bertz CT molecular complexity index is 595. The van der Waals surface area contributed by atoms with E-state index >= 15 is 0 Å². The van der Waals surface area contributed by atoms with Crippen LogP contribution in [0.3, 0.4) is 0 Å². The average molecular weight is 355 g/mol. The van der Waals surface area contributed by atoms with Crippen LogP contribution in [0.1, 0.15) is 12.0 Å². The molecule has 0 aliphatic heterocycles. The summed E-state index contributed by atoms with van der Waals surface area (Å²) in [5, 5.41) is 0. The van der Waals surface area contributed by atoms with Crippen LogP contribution in [0.5, 0.6) is 0 Å². The number of halogens is 1. The summed E-state index contributed by atoms with van der Waals surface area (Å²) in [4.78, 5) is 15.8. The van der Waals surface area contributed by atoms with Gasteiger partial charge in [-0.25, -0.2) is 4.98 Å². The maximum Gasteiger partial charge on any atom is 0.266 e. The Balaban J connectivity index is 1.97. The summed E-state index contributed by atoms with van der Waals surface area (Å²) in [5.41, 5.74) is 7.72. The molecule has 0 saturated carbocycles.